The standard InChI is InChI=1S/C26H26N2O7/c1-28(14-17-10-11-23(35-17)25(31)32)24(30)12-16(29)13-27-26(33)34-15-22-20-8-4-2-6-18(20)19-7-3-5-9-21(19)22/h2-11,16,22,29H,12-15H2,1H3,(H,27,33)(H,31,32). The van der Waals surface area contributed by atoms with E-state index in [1.54, 1.807) is 0 Å². The number of aliphatic hydroxyl groups excluding tert-OH is 1. The summed E-state index contributed by atoms with van der Waals surface area (Å²) in [6.45, 7) is 0.0535. The van der Waals surface area contributed by atoms with Crippen LogP contribution in [0, 0.1) is 0 Å². The molecule has 0 aliphatic heterocycles. The van der Waals surface area contributed by atoms with Gasteiger partial charge < -0.3 is 29.6 Å². The summed E-state index contributed by atoms with van der Waals surface area (Å²) < 4.78 is 10.6. The molecule has 1 aliphatic carbocycles. The number of fused-ring (bicyclic) bond motifs is 3. The van der Waals surface area contributed by atoms with Gasteiger partial charge in [0.2, 0.25) is 11.7 Å². The highest BCUT2D eigenvalue weighted by molar-refractivity contribution is 5.84. The monoisotopic (exact) mass is 478 g/mol. The van der Waals surface area contributed by atoms with Crippen molar-refractivity contribution in [2.24, 2.45) is 0 Å². The van der Waals surface area contributed by atoms with Crippen molar-refractivity contribution in [3.05, 3.63) is 83.3 Å². The Hall–Kier alpha value is -4.11. The van der Waals surface area contributed by atoms with Gasteiger partial charge in [-0.3, -0.25) is 4.79 Å². The van der Waals surface area contributed by atoms with E-state index in [1.807, 2.05) is 36.4 Å². The fourth-order valence-electron chi connectivity index (χ4n) is 4.18. The highest BCUT2D eigenvalue weighted by Gasteiger charge is 2.29. The first-order valence-corrected chi connectivity index (χ1v) is 11.2. The smallest absolute Gasteiger partial charge is 0.407 e. The summed E-state index contributed by atoms with van der Waals surface area (Å²) in [5, 5.41) is 21.6. The van der Waals surface area contributed by atoms with E-state index in [0.717, 1.165) is 22.3 Å². The summed E-state index contributed by atoms with van der Waals surface area (Å²) in [4.78, 5) is 36.8. The number of carbonyl (C=O) groups is 3. The zero-order valence-corrected chi connectivity index (χ0v) is 19.1. The second kappa shape index (κ2) is 10.4. The Morgan fingerprint density at radius 1 is 1.03 bits per heavy atom. The number of carboxylic acids is 1. The van der Waals surface area contributed by atoms with Gasteiger partial charge in [-0.05, 0) is 34.4 Å². The Bertz CT molecular complexity index is 1190. The largest absolute Gasteiger partial charge is 0.475 e. The minimum Gasteiger partial charge on any atom is -0.475 e. The van der Waals surface area contributed by atoms with Gasteiger partial charge in [-0.15, -0.1) is 0 Å². The van der Waals surface area contributed by atoms with Crippen molar-refractivity contribution < 1.29 is 33.8 Å². The van der Waals surface area contributed by atoms with E-state index in [9.17, 15) is 19.5 Å². The van der Waals surface area contributed by atoms with Crippen molar-refractivity contribution in [1.29, 1.82) is 0 Å². The molecular weight excluding hydrogens is 452 g/mol. The molecule has 0 radical (unpaired) electrons. The average molecular weight is 479 g/mol. The molecule has 3 aromatic rings. The second-order valence-electron chi connectivity index (χ2n) is 8.39. The van der Waals surface area contributed by atoms with Crippen LogP contribution in [-0.2, 0) is 16.1 Å². The number of alkyl carbamates (subject to hydrolysis) is 1. The normalized spacial score (nSPS) is 13.0. The fourth-order valence-corrected chi connectivity index (χ4v) is 4.18. The zero-order valence-electron chi connectivity index (χ0n) is 19.1. The molecule has 0 saturated heterocycles. The van der Waals surface area contributed by atoms with E-state index in [0.29, 0.717) is 5.76 Å². The lowest BCUT2D eigenvalue weighted by atomic mass is 9.98. The number of amides is 2. The number of aliphatic hydroxyl groups is 1. The Balaban J connectivity index is 1.23. The molecule has 182 valence electrons. The summed E-state index contributed by atoms with van der Waals surface area (Å²) in [6, 6.07) is 18.8. The van der Waals surface area contributed by atoms with Crippen LogP contribution in [0.1, 0.15) is 39.8 Å². The summed E-state index contributed by atoms with van der Waals surface area (Å²) in [7, 11) is 1.51. The molecule has 4 rings (SSSR count). The molecule has 1 heterocycles. The molecule has 1 aromatic heterocycles. The molecule has 0 spiro atoms. The number of hydrogen-bond acceptors (Lipinski definition) is 6. The third-order valence-corrected chi connectivity index (χ3v) is 5.93. The quantitative estimate of drug-likeness (QED) is 0.431. The molecule has 1 unspecified atom stereocenters. The zero-order chi connectivity index (χ0) is 24.9. The Kier molecular flexibility index (Phi) is 7.17. The van der Waals surface area contributed by atoms with Gasteiger partial charge in [0.15, 0.2) is 0 Å². The van der Waals surface area contributed by atoms with Gasteiger partial charge in [-0.1, -0.05) is 48.5 Å². The van der Waals surface area contributed by atoms with Crippen LogP contribution in [0.3, 0.4) is 0 Å². The molecule has 0 bridgehead atoms. The maximum absolute atomic E-state index is 12.3. The number of nitrogens with zero attached hydrogens (tertiary/aromatic N) is 1. The first kappa shape index (κ1) is 24.0. The molecule has 2 aromatic carbocycles. The lowest BCUT2D eigenvalue weighted by Crippen LogP contribution is -2.37. The second-order valence-corrected chi connectivity index (χ2v) is 8.39. The van der Waals surface area contributed by atoms with Crippen molar-refractivity contribution in [2.45, 2.75) is 25.0 Å². The first-order valence-electron chi connectivity index (χ1n) is 11.2. The van der Waals surface area contributed by atoms with E-state index in [-0.39, 0.29) is 43.7 Å². The Labute approximate surface area is 201 Å². The summed E-state index contributed by atoms with van der Waals surface area (Å²) >= 11 is 0. The van der Waals surface area contributed by atoms with Crippen molar-refractivity contribution in [3.8, 4) is 11.1 Å². The minimum absolute atomic E-state index is 0.0542. The summed E-state index contributed by atoms with van der Waals surface area (Å²) in [5.74, 6) is -1.56. The number of aromatic carboxylic acids is 1. The maximum atomic E-state index is 12.3. The van der Waals surface area contributed by atoms with Gasteiger partial charge in [-0.2, -0.15) is 0 Å². The van der Waals surface area contributed by atoms with Crippen molar-refractivity contribution >= 4 is 18.0 Å². The fraction of sp³-hybridized carbons (Fsp3) is 0.269. The molecule has 3 N–H and O–H groups in total. The van der Waals surface area contributed by atoms with E-state index in [4.69, 9.17) is 14.3 Å². The molecule has 9 nitrogen and oxygen atoms in total. The van der Waals surface area contributed by atoms with Crippen LogP contribution in [0.2, 0.25) is 0 Å². The summed E-state index contributed by atoms with van der Waals surface area (Å²) in [5.41, 5.74) is 4.46. The number of carboxylic acid groups (broad SMARTS) is 1. The van der Waals surface area contributed by atoms with Gasteiger partial charge in [-0.25, -0.2) is 9.59 Å². The van der Waals surface area contributed by atoms with E-state index < -0.39 is 18.2 Å². The third-order valence-electron chi connectivity index (χ3n) is 5.93. The number of carbonyl (C=O) groups excluding carboxylic acids is 2. The molecular formula is C26H26N2O7. The molecule has 1 atom stereocenters. The highest BCUT2D eigenvalue weighted by atomic mass is 16.5. The molecule has 0 saturated carbocycles. The van der Waals surface area contributed by atoms with Crippen LogP contribution >= 0.6 is 0 Å². The Morgan fingerprint density at radius 2 is 1.66 bits per heavy atom. The van der Waals surface area contributed by atoms with Crippen LogP contribution in [0.25, 0.3) is 11.1 Å². The van der Waals surface area contributed by atoms with Gasteiger partial charge >= 0.3 is 12.1 Å². The van der Waals surface area contributed by atoms with Crippen molar-refractivity contribution in [1.82, 2.24) is 10.2 Å². The van der Waals surface area contributed by atoms with Gasteiger partial charge in [0.1, 0.15) is 12.4 Å². The number of rotatable bonds is 9. The molecule has 0 fully saturated rings. The topological polar surface area (TPSA) is 129 Å². The number of furan rings is 1. The van der Waals surface area contributed by atoms with Crippen molar-refractivity contribution in [3.63, 3.8) is 0 Å². The first-order chi connectivity index (χ1) is 16.8. The van der Waals surface area contributed by atoms with Crippen molar-refractivity contribution in [2.75, 3.05) is 20.2 Å². The lowest BCUT2D eigenvalue weighted by Gasteiger charge is -2.19. The van der Waals surface area contributed by atoms with Crippen LogP contribution in [-0.4, -0.2) is 59.4 Å². The molecule has 2 amide bonds. The van der Waals surface area contributed by atoms with Gasteiger partial charge in [0.25, 0.3) is 0 Å². The Morgan fingerprint density at radius 3 is 2.26 bits per heavy atom. The van der Waals surface area contributed by atoms with Crippen LogP contribution < -0.4 is 5.32 Å². The highest BCUT2D eigenvalue weighted by Crippen LogP contribution is 2.44. The molecule has 9 heteroatoms. The number of ether oxygens (including phenoxy) is 1. The lowest BCUT2D eigenvalue weighted by molar-refractivity contribution is -0.132. The predicted molar refractivity (Wildman–Crippen MR) is 126 cm³/mol. The minimum atomic E-state index is -1.19. The average Bonchev–Trinajstić information content (AvgIpc) is 3.44. The van der Waals surface area contributed by atoms with Gasteiger partial charge in [0.05, 0.1) is 19.1 Å². The van der Waals surface area contributed by atoms with Crippen LogP contribution in [0.5, 0.6) is 0 Å². The SMILES string of the molecule is CN(Cc1ccc(C(=O)O)o1)C(=O)CC(O)CNC(=O)OCC1c2ccccc2-c2ccccc21. The number of hydrogen-bond donors (Lipinski definition) is 3. The van der Waals surface area contributed by atoms with Crippen LogP contribution in [0.4, 0.5) is 4.79 Å². The van der Waals surface area contributed by atoms with Crippen LogP contribution in [0.15, 0.2) is 65.1 Å². The number of nitrogens with one attached hydrogen (secondary N) is 1. The molecule has 35 heavy (non-hydrogen) atoms. The van der Waals surface area contributed by atoms with E-state index >= 15 is 0 Å². The maximum Gasteiger partial charge on any atom is 0.407 e. The summed E-state index contributed by atoms with van der Waals surface area (Å²) in [6.07, 6.45) is -2.02. The molecule has 1 aliphatic rings. The number of benzene rings is 2. The third kappa shape index (κ3) is 5.52. The van der Waals surface area contributed by atoms with E-state index in [1.165, 1.54) is 24.1 Å². The predicted octanol–water partition coefficient (Wildman–Crippen LogP) is 3.23. The van der Waals surface area contributed by atoms with Gasteiger partial charge in [0, 0.05) is 19.5 Å². The van der Waals surface area contributed by atoms with E-state index in [2.05, 4.69) is 17.4 Å².